The zero-order valence-corrected chi connectivity index (χ0v) is 56.6. The molecular formula is C62H129N3O7S2. The molecule has 0 radical (unpaired) electrons. The predicted octanol–water partition coefficient (Wildman–Crippen LogP) is 18.3. The lowest BCUT2D eigenvalue weighted by molar-refractivity contribution is -0.148. The minimum absolute atomic E-state index is 0.0197. The first kappa shape index (κ1) is 85.9. The fraction of sp³-hybridized carbons (Fsp3) is 0.903. The number of ketones is 2. The smallest absolute Gasteiger partial charge is 0.306 e. The monoisotopic (exact) mass is 1090 g/mol. The van der Waals surface area contributed by atoms with Gasteiger partial charge < -0.3 is 9.47 Å². The Hall–Kier alpha value is -2.05. The van der Waals surface area contributed by atoms with Crippen molar-refractivity contribution in [3.8, 4) is 0 Å². The maximum Gasteiger partial charge on any atom is 0.306 e. The van der Waals surface area contributed by atoms with Crippen molar-refractivity contribution in [2.24, 2.45) is 59.2 Å². The molecule has 0 unspecified atom stereocenters. The van der Waals surface area contributed by atoms with Gasteiger partial charge in [-0.05, 0) is 140 Å². The summed E-state index contributed by atoms with van der Waals surface area (Å²) in [5, 5.41) is 7.83. The summed E-state index contributed by atoms with van der Waals surface area (Å²) in [6.45, 7) is 65.8. The summed E-state index contributed by atoms with van der Waals surface area (Å²) in [4.78, 5) is 34.1. The quantitative estimate of drug-likeness (QED) is 0.0770. The first-order valence-electron chi connectivity index (χ1n) is 28.9. The number of carbonyl (C=O) groups excluding carboxylic acids is 3. The number of ether oxygens (including phenoxy) is 2. The summed E-state index contributed by atoms with van der Waals surface area (Å²) in [6, 6.07) is 0.412. The Morgan fingerprint density at radius 1 is 0.500 bits per heavy atom. The van der Waals surface area contributed by atoms with Crippen molar-refractivity contribution in [1.29, 1.82) is 0 Å². The van der Waals surface area contributed by atoms with Gasteiger partial charge in [-0.15, -0.1) is 5.10 Å². The second-order valence-electron chi connectivity index (χ2n) is 25.6. The molecule has 0 spiro atoms. The Kier molecular flexibility index (Phi) is 58.5. The van der Waals surface area contributed by atoms with E-state index in [9.17, 15) is 22.8 Å². The predicted molar refractivity (Wildman–Crippen MR) is 329 cm³/mol. The van der Waals surface area contributed by atoms with E-state index in [0.29, 0.717) is 77.5 Å². The molecular weight excluding hydrogens is 963 g/mol. The van der Waals surface area contributed by atoms with Gasteiger partial charge in [0.25, 0.3) is 0 Å². The molecule has 10 nitrogen and oxygen atoms in total. The van der Waals surface area contributed by atoms with Gasteiger partial charge in [-0.3, -0.25) is 14.4 Å². The average Bonchev–Trinajstić information content (AvgIpc) is 3.68. The normalized spacial score (nSPS) is 11.3. The van der Waals surface area contributed by atoms with Crippen LogP contribution in [0.15, 0.2) is 6.20 Å². The zero-order valence-electron chi connectivity index (χ0n) is 55.0. The Labute approximate surface area is 468 Å². The summed E-state index contributed by atoms with van der Waals surface area (Å²) in [7, 11) is -2.80. The lowest BCUT2D eigenvalue weighted by Gasteiger charge is -2.09. The number of hydrogen-bond donors (Lipinski definition) is 0. The molecule has 0 amide bonds. The minimum atomic E-state index is -2.80. The molecule has 0 aliphatic rings. The molecule has 74 heavy (non-hydrogen) atoms. The van der Waals surface area contributed by atoms with Crippen LogP contribution in [0, 0.1) is 59.2 Å². The van der Waals surface area contributed by atoms with Gasteiger partial charge in [0.05, 0.1) is 35.0 Å². The van der Waals surface area contributed by atoms with Gasteiger partial charge in [0.1, 0.15) is 11.6 Å². The van der Waals surface area contributed by atoms with Crippen molar-refractivity contribution in [2.75, 3.05) is 5.75 Å². The molecule has 1 aromatic heterocycles. The Bertz CT molecular complexity index is 1450. The second kappa shape index (κ2) is 50.5. The molecule has 446 valence electrons. The van der Waals surface area contributed by atoms with Gasteiger partial charge in [-0.25, -0.2) is 13.1 Å². The van der Waals surface area contributed by atoms with Crippen LogP contribution in [0.25, 0.3) is 0 Å². The molecule has 0 saturated carbocycles. The standard InChI is InChI=1S/C9H18O.C8H15N3.C8H16O2.C8H16O.C8H16S.C8H18.C7H16O2S.C6H14O/c1-7(2)5-9(10)6-8(3)4;1-6(2)8-5-11(7(3)4)10-9-8;1-6(2)5-8(9)10-7(3)4;2*1-6(2)5-8(9)7(3)4;1-7(2)5-6-8(3)4;1-6(2)5-10(8,9)7(3)4;1-5(2)7-6(3)4/h7-8H,5-6H2,1-4H3;5-7H,1-4H3;6-7H,5H2,1-4H3;2*6-7H,5H2,1-4H3;7-8H,5-6H2,1-4H3;6-7H,5H2,1-4H3;5-6H,1-4H3. The molecule has 0 aromatic carbocycles. The van der Waals surface area contributed by atoms with E-state index in [0.717, 1.165) is 49.1 Å². The molecule has 12 heteroatoms. The maximum absolute atomic E-state index is 11.1. The number of hydrogen-bond acceptors (Lipinski definition) is 10. The minimum Gasteiger partial charge on any atom is -0.463 e. The summed E-state index contributed by atoms with van der Waals surface area (Å²) in [5.74, 6) is 6.97. The van der Waals surface area contributed by atoms with Gasteiger partial charge in [0.2, 0.25) is 0 Å². The zero-order chi connectivity index (χ0) is 60.4. The summed E-state index contributed by atoms with van der Waals surface area (Å²) >= 11 is 5.15. The Morgan fingerprint density at radius 2 is 0.878 bits per heavy atom. The number of aromatic nitrogens is 3. The number of Topliss-reactive ketones (excluding diaryl/α,β-unsaturated/α-hetero) is 2. The summed E-state index contributed by atoms with van der Waals surface area (Å²) < 4.78 is 34.3. The topological polar surface area (TPSA) is 135 Å². The van der Waals surface area contributed by atoms with E-state index in [1.165, 1.54) is 17.7 Å². The van der Waals surface area contributed by atoms with Crippen molar-refractivity contribution >= 4 is 44.5 Å². The lowest BCUT2D eigenvalue weighted by atomic mass is 9.99. The average molecular weight is 1090 g/mol. The van der Waals surface area contributed by atoms with E-state index in [-0.39, 0.29) is 29.2 Å². The van der Waals surface area contributed by atoms with Crippen LogP contribution in [-0.2, 0) is 33.7 Å². The highest BCUT2D eigenvalue weighted by Crippen LogP contribution is 2.13. The molecule has 0 atom stereocenters. The first-order chi connectivity index (χ1) is 33.3. The highest BCUT2D eigenvalue weighted by atomic mass is 32.2. The number of sulfone groups is 1. The van der Waals surface area contributed by atoms with Gasteiger partial charge >= 0.3 is 5.97 Å². The van der Waals surface area contributed by atoms with Crippen molar-refractivity contribution in [1.82, 2.24) is 15.0 Å². The van der Waals surface area contributed by atoms with E-state index in [1.807, 2.05) is 94.0 Å². The molecule has 1 rings (SSSR count). The highest BCUT2D eigenvalue weighted by molar-refractivity contribution is 7.91. The van der Waals surface area contributed by atoms with E-state index < -0.39 is 9.84 Å². The molecule has 0 fully saturated rings. The molecule has 0 bridgehead atoms. The van der Waals surface area contributed by atoms with Crippen LogP contribution in [0.1, 0.15) is 284 Å². The lowest BCUT2D eigenvalue weighted by Crippen LogP contribution is -2.20. The fourth-order valence-electron chi connectivity index (χ4n) is 5.59. The van der Waals surface area contributed by atoms with Crippen molar-refractivity contribution in [3.05, 3.63) is 11.9 Å². The summed E-state index contributed by atoms with van der Waals surface area (Å²) in [6.07, 6.45) is 9.41. The van der Waals surface area contributed by atoms with E-state index in [4.69, 9.17) is 21.7 Å². The van der Waals surface area contributed by atoms with Crippen molar-refractivity contribution in [3.63, 3.8) is 0 Å². The van der Waals surface area contributed by atoms with Gasteiger partial charge in [0.15, 0.2) is 9.84 Å². The number of nitrogens with zero attached hydrogens (tertiary/aromatic N) is 3. The molecule has 0 aliphatic carbocycles. The van der Waals surface area contributed by atoms with Crippen LogP contribution >= 0.6 is 12.2 Å². The van der Waals surface area contributed by atoms with Crippen molar-refractivity contribution in [2.45, 2.75) is 302 Å². The fourth-order valence-corrected chi connectivity index (χ4v) is 7.24. The van der Waals surface area contributed by atoms with Crippen LogP contribution in [0.5, 0.6) is 0 Å². The van der Waals surface area contributed by atoms with E-state index in [2.05, 4.69) is 135 Å². The Morgan fingerprint density at radius 3 is 1.04 bits per heavy atom. The molecule has 0 saturated heterocycles. The van der Waals surface area contributed by atoms with Gasteiger partial charge in [-0.1, -0.05) is 183 Å². The number of carbonyl (C=O) groups is 3. The van der Waals surface area contributed by atoms with Crippen molar-refractivity contribution < 1.29 is 32.3 Å². The summed E-state index contributed by atoms with van der Waals surface area (Å²) in [5.41, 5.74) is 1.07. The second-order valence-corrected chi connectivity index (χ2v) is 28.7. The molecule has 0 aliphatic heterocycles. The largest absolute Gasteiger partial charge is 0.463 e. The van der Waals surface area contributed by atoms with Gasteiger partial charge in [-0.2, -0.15) is 0 Å². The van der Waals surface area contributed by atoms with Crippen LogP contribution in [0.3, 0.4) is 0 Å². The third-order valence-corrected chi connectivity index (χ3v) is 12.7. The van der Waals surface area contributed by atoms with E-state index in [1.54, 1.807) is 13.8 Å². The first-order valence-corrected chi connectivity index (χ1v) is 31.0. The molecule has 0 N–H and O–H groups in total. The Balaban J connectivity index is -0.000000139. The maximum atomic E-state index is 11.1. The van der Waals surface area contributed by atoms with Gasteiger partial charge in [0, 0.05) is 43.8 Å². The van der Waals surface area contributed by atoms with Crippen LogP contribution in [0.2, 0.25) is 0 Å². The van der Waals surface area contributed by atoms with Crippen LogP contribution in [-0.4, -0.2) is 75.1 Å². The molecule has 1 heterocycles. The number of rotatable bonds is 23. The number of thiocarbonyl (C=S) groups is 1. The molecule has 1 aromatic rings. The SMILES string of the molecule is CC(C)CC(=O)C(C)C.CC(C)CC(=O)CC(C)C.CC(C)CC(=O)OC(C)C.CC(C)CC(=S)C(C)C.CC(C)CCC(C)C.CC(C)CS(=O)(=O)C(C)C.CC(C)OC(C)C.CC(C)c1cn(C(C)C)nn1. The third kappa shape index (κ3) is 74.2. The number of esters is 1. The van der Waals surface area contributed by atoms with Crippen LogP contribution in [0.4, 0.5) is 0 Å². The highest BCUT2D eigenvalue weighted by Gasteiger charge is 2.17. The third-order valence-electron chi connectivity index (χ3n) is 9.52. The van der Waals surface area contributed by atoms with E-state index >= 15 is 0 Å². The van der Waals surface area contributed by atoms with Crippen LogP contribution < -0.4 is 0 Å².